The molecule has 2 heterocycles. The van der Waals surface area contributed by atoms with Gasteiger partial charge >= 0.3 is 0 Å². The smallest absolute Gasteiger partial charge is 0.0358 e. The van der Waals surface area contributed by atoms with Gasteiger partial charge in [0.1, 0.15) is 0 Å². The van der Waals surface area contributed by atoms with Crippen molar-refractivity contribution in [3.05, 3.63) is 11.6 Å². The first-order valence-corrected chi connectivity index (χ1v) is 4.85. The summed E-state index contributed by atoms with van der Waals surface area (Å²) in [6.45, 7) is 5.63. The van der Waals surface area contributed by atoms with E-state index >= 15 is 0 Å². The zero-order valence-corrected chi connectivity index (χ0v) is 7.93. The number of nitrogens with one attached hydrogen (secondary N) is 1. The molecule has 3 atom stereocenters. The Morgan fingerprint density at radius 3 is 3.08 bits per heavy atom. The Kier molecular flexibility index (Phi) is 1.77. The van der Waals surface area contributed by atoms with Gasteiger partial charge in [-0.3, -0.25) is 0 Å². The van der Waals surface area contributed by atoms with Gasteiger partial charge in [-0.15, -0.1) is 0 Å². The summed E-state index contributed by atoms with van der Waals surface area (Å²) >= 11 is 0. The van der Waals surface area contributed by atoms with Crippen LogP contribution in [-0.4, -0.2) is 18.6 Å². The molecular weight excluding hydrogens is 148 g/mol. The molecule has 0 radical (unpaired) electrons. The molecule has 1 aliphatic carbocycles. The second-order valence-corrected chi connectivity index (χ2v) is 4.34. The molecule has 0 saturated carbocycles. The van der Waals surface area contributed by atoms with E-state index in [1.807, 2.05) is 0 Å². The molecule has 0 amide bonds. The van der Waals surface area contributed by atoms with Crippen molar-refractivity contribution in [3.8, 4) is 0 Å². The second kappa shape index (κ2) is 2.57. The summed E-state index contributed by atoms with van der Waals surface area (Å²) in [5, 5.41) is 3.52. The Labute approximate surface area is 74.2 Å². The lowest BCUT2D eigenvalue weighted by molar-refractivity contribution is 0.211. The molecule has 0 aromatic heterocycles. The van der Waals surface area contributed by atoms with Gasteiger partial charge in [0, 0.05) is 17.5 Å². The summed E-state index contributed by atoms with van der Waals surface area (Å²) < 4.78 is 0. The fourth-order valence-electron chi connectivity index (χ4n) is 2.34. The standard InChI is InChI=1S/C10H18N2/c1-7-10(2)6-8(9(10)11)4-3-5-12-7/h6-7,9,12H,3-5,11H2,1-2H3/t7-,9?,10-/m0/s1. The average Bonchev–Trinajstić information content (AvgIpc) is 2.06. The van der Waals surface area contributed by atoms with Crippen molar-refractivity contribution in [2.45, 2.75) is 38.8 Å². The Morgan fingerprint density at radius 1 is 1.67 bits per heavy atom. The zero-order valence-electron chi connectivity index (χ0n) is 7.93. The SMILES string of the molecule is C[C@@H]1NCCCC2=C[C@]1(C)C2N. The fourth-order valence-corrected chi connectivity index (χ4v) is 2.34. The van der Waals surface area contributed by atoms with Gasteiger partial charge in [-0.1, -0.05) is 18.6 Å². The van der Waals surface area contributed by atoms with Crippen molar-refractivity contribution >= 4 is 0 Å². The highest BCUT2D eigenvalue weighted by molar-refractivity contribution is 5.34. The number of nitrogens with two attached hydrogens (primary N) is 1. The molecule has 68 valence electrons. The monoisotopic (exact) mass is 166 g/mol. The molecule has 0 aromatic carbocycles. The third kappa shape index (κ3) is 0.947. The zero-order chi connectivity index (χ0) is 8.77. The van der Waals surface area contributed by atoms with Crippen molar-refractivity contribution in [1.82, 2.24) is 5.32 Å². The molecule has 1 saturated heterocycles. The summed E-state index contributed by atoms with van der Waals surface area (Å²) in [5.74, 6) is 0. The van der Waals surface area contributed by atoms with Crippen molar-refractivity contribution in [3.63, 3.8) is 0 Å². The molecule has 12 heavy (non-hydrogen) atoms. The summed E-state index contributed by atoms with van der Waals surface area (Å²) in [6, 6.07) is 0.830. The quantitative estimate of drug-likeness (QED) is 0.527. The van der Waals surface area contributed by atoms with E-state index in [1.165, 1.54) is 18.4 Å². The molecule has 2 heteroatoms. The summed E-state index contributed by atoms with van der Waals surface area (Å²) in [4.78, 5) is 0. The number of hydrogen-bond donors (Lipinski definition) is 2. The van der Waals surface area contributed by atoms with Crippen molar-refractivity contribution < 1.29 is 0 Å². The van der Waals surface area contributed by atoms with Crippen LogP contribution in [0.3, 0.4) is 0 Å². The van der Waals surface area contributed by atoms with Gasteiger partial charge < -0.3 is 11.1 Å². The third-order valence-electron chi connectivity index (χ3n) is 3.59. The molecule has 3 rings (SSSR count). The van der Waals surface area contributed by atoms with E-state index in [1.54, 1.807) is 0 Å². The van der Waals surface area contributed by atoms with Crippen LogP contribution in [0, 0.1) is 5.41 Å². The Morgan fingerprint density at radius 2 is 2.42 bits per heavy atom. The van der Waals surface area contributed by atoms with E-state index in [0.717, 1.165) is 6.54 Å². The first-order chi connectivity index (χ1) is 5.64. The maximum absolute atomic E-state index is 6.11. The molecule has 2 aliphatic heterocycles. The molecule has 0 aromatic rings. The van der Waals surface area contributed by atoms with Crippen molar-refractivity contribution in [1.29, 1.82) is 0 Å². The van der Waals surface area contributed by atoms with Crippen molar-refractivity contribution in [2.75, 3.05) is 6.54 Å². The van der Waals surface area contributed by atoms with Crippen LogP contribution in [0.1, 0.15) is 26.7 Å². The lowest BCUT2D eigenvalue weighted by Crippen LogP contribution is -2.58. The van der Waals surface area contributed by atoms with Crippen molar-refractivity contribution in [2.24, 2.45) is 11.1 Å². The lowest BCUT2D eigenvalue weighted by Gasteiger charge is -2.49. The first kappa shape index (κ1) is 8.27. The van der Waals surface area contributed by atoms with Gasteiger partial charge in [0.25, 0.3) is 0 Å². The largest absolute Gasteiger partial charge is 0.323 e. The lowest BCUT2D eigenvalue weighted by atomic mass is 9.62. The van der Waals surface area contributed by atoms with E-state index in [2.05, 4.69) is 25.2 Å². The van der Waals surface area contributed by atoms with E-state index in [4.69, 9.17) is 5.73 Å². The van der Waals surface area contributed by atoms with Crippen LogP contribution in [0.5, 0.6) is 0 Å². The minimum Gasteiger partial charge on any atom is -0.323 e. The molecule has 3 N–H and O–H groups in total. The molecule has 1 fully saturated rings. The summed E-state index contributed by atoms with van der Waals surface area (Å²) in [6.07, 6.45) is 4.80. The normalized spacial score (nSPS) is 47.1. The van der Waals surface area contributed by atoms with Crippen LogP contribution in [0.15, 0.2) is 11.6 Å². The fraction of sp³-hybridized carbons (Fsp3) is 0.800. The first-order valence-electron chi connectivity index (χ1n) is 4.85. The highest BCUT2D eigenvalue weighted by Gasteiger charge is 2.44. The molecular formula is C10H18N2. The van der Waals surface area contributed by atoms with E-state index in [9.17, 15) is 0 Å². The van der Waals surface area contributed by atoms with Gasteiger partial charge in [-0.05, 0) is 26.3 Å². The maximum Gasteiger partial charge on any atom is 0.0358 e. The third-order valence-corrected chi connectivity index (χ3v) is 3.59. The van der Waals surface area contributed by atoms with Gasteiger partial charge in [0.05, 0.1) is 0 Å². The van der Waals surface area contributed by atoms with Crippen LogP contribution in [0.4, 0.5) is 0 Å². The van der Waals surface area contributed by atoms with E-state index in [-0.39, 0.29) is 5.41 Å². The summed E-state index contributed by atoms with van der Waals surface area (Å²) in [7, 11) is 0. The Bertz CT molecular complexity index is 222. The Balaban J connectivity index is 2.24. The van der Waals surface area contributed by atoms with Crippen LogP contribution in [-0.2, 0) is 0 Å². The van der Waals surface area contributed by atoms with E-state index < -0.39 is 0 Å². The molecule has 2 nitrogen and oxygen atoms in total. The number of rotatable bonds is 0. The van der Waals surface area contributed by atoms with Gasteiger partial charge in [-0.2, -0.15) is 0 Å². The predicted molar refractivity (Wildman–Crippen MR) is 50.9 cm³/mol. The highest BCUT2D eigenvalue weighted by Crippen LogP contribution is 2.43. The predicted octanol–water partition coefficient (Wildman–Crippen LogP) is 1.03. The van der Waals surface area contributed by atoms with Gasteiger partial charge in [0.15, 0.2) is 0 Å². The molecule has 2 bridgehead atoms. The second-order valence-electron chi connectivity index (χ2n) is 4.34. The molecule has 1 unspecified atom stereocenters. The minimum atomic E-state index is 0.218. The maximum atomic E-state index is 6.11. The van der Waals surface area contributed by atoms with Crippen LogP contribution >= 0.6 is 0 Å². The minimum absolute atomic E-state index is 0.218. The van der Waals surface area contributed by atoms with Crippen LogP contribution < -0.4 is 11.1 Å². The molecule has 3 aliphatic rings. The average molecular weight is 166 g/mol. The van der Waals surface area contributed by atoms with Crippen LogP contribution in [0.25, 0.3) is 0 Å². The summed E-state index contributed by atoms with van der Waals surface area (Å²) in [5.41, 5.74) is 7.81. The number of hydrogen-bond acceptors (Lipinski definition) is 2. The van der Waals surface area contributed by atoms with Gasteiger partial charge in [0.2, 0.25) is 0 Å². The highest BCUT2D eigenvalue weighted by atomic mass is 15.0. The Hall–Kier alpha value is -0.340. The molecule has 0 spiro atoms. The van der Waals surface area contributed by atoms with Gasteiger partial charge in [-0.25, -0.2) is 0 Å². The van der Waals surface area contributed by atoms with Crippen LogP contribution in [0.2, 0.25) is 0 Å². The topological polar surface area (TPSA) is 38.0 Å². The van der Waals surface area contributed by atoms with E-state index in [0.29, 0.717) is 12.1 Å². The number of fused-ring (bicyclic) bond motifs is 4.